The monoisotopic (exact) mass is 269 g/mol. The molecule has 1 heterocycles. The molecule has 1 aromatic carbocycles. The molecule has 1 amide bonds. The summed E-state index contributed by atoms with van der Waals surface area (Å²) >= 11 is 5.86. The number of carboxylic acids is 1. The maximum atomic E-state index is 12.0. The van der Waals surface area contributed by atoms with Crippen LogP contribution in [-0.4, -0.2) is 29.6 Å². The number of nitrogens with zero attached hydrogens (tertiary/aromatic N) is 1. The third-order valence-corrected chi connectivity index (χ3v) is 2.91. The number of hydrogen-bond donors (Lipinski definition) is 1. The van der Waals surface area contributed by atoms with E-state index in [0.29, 0.717) is 16.5 Å². The van der Waals surface area contributed by atoms with Gasteiger partial charge in [-0.15, -0.1) is 0 Å². The van der Waals surface area contributed by atoms with E-state index in [9.17, 15) is 9.59 Å². The largest absolute Gasteiger partial charge is 0.481 e. The lowest BCUT2D eigenvalue weighted by atomic mass is 10.2. The highest BCUT2D eigenvalue weighted by Crippen LogP contribution is 2.36. The average Bonchev–Trinajstić information content (AvgIpc) is 2.29. The first kappa shape index (κ1) is 12.7. The molecular formula is C12H12ClNO4. The zero-order valence-electron chi connectivity index (χ0n) is 9.72. The van der Waals surface area contributed by atoms with E-state index in [2.05, 4.69) is 0 Å². The van der Waals surface area contributed by atoms with Gasteiger partial charge in [0.25, 0.3) is 5.91 Å². The van der Waals surface area contributed by atoms with Crippen molar-refractivity contribution in [2.75, 3.05) is 11.4 Å². The van der Waals surface area contributed by atoms with Gasteiger partial charge in [0.15, 0.2) is 6.10 Å². The Hall–Kier alpha value is -1.75. The van der Waals surface area contributed by atoms with Gasteiger partial charge in [0.05, 0.1) is 12.1 Å². The summed E-state index contributed by atoms with van der Waals surface area (Å²) in [6, 6.07) is 4.91. The van der Waals surface area contributed by atoms with Crippen molar-refractivity contribution in [2.24, 2.45) is 0 Å². The Balaban J connectivity index is 2.33. The summed E-state index contributed by atoms with van der Waals surface area (Å²) in [6.45, 7) is 1.75. The van der Waals surface area contributed by atoms with E-state index in [1.54, 1.807) is 25.1 Å². The van der Waals surface area contributed by atoms with Crippen molar-refractivity contribution in [1.82, 2.24) is 0 Å². The van der Waals surface area contributed by atoms with E-state index in [0.717, 1.165) is 0 Å². The number of carbonyl (C=O) groups excluding carboxylic acids is 1. The van der Waals surface area contributed by atoms with Crippen molar-refractivity contribution in [3.8, 4) is 5.75 Å². The van der Waals surface area contributed by atoms with Gasteiger partial charge in [-0.2, -0.15) is 0 Å². The smallest absolute Gasteiger partial charge is 0.305 e. The Morgan fingerprint density at radius 3 is 2.94 bits per heavy atom. The third kappa shape index (κ3) is 2.41. The number of benzene rings is 1. The van der Waals surface area contributed by atoms with Gasteiger partial charge in [-0.1, -0.05) is 11.6 Å². The Kier molecular flexibility index (Phi) is 3.43. The van der Waals surface area contributed by atoms with E-state index in [4.69, 9.17) is 21.4 Å². The first-order valence-electron chi connectivity index (χ1n) is 5.48. The Morgan fingerprint density at radius 2 is 2.28 bits per heavy atom. The Bertz CT molecular complexity index is 503. The van der Waals surface area contributed by atoms with E-state index in [-0.39, 0.29) is 18.9 Å². The number of hydrogen-bond acceptors (Lipinski definition) is 3. The Labute approximate surface area is 109 Å². The number of carbonyl (C=O) groups is 2. The summed E-state index contributed by atoms with van der Waals surface area (Å²) in [4.78, 5) is 24.0. The molecule has 0 aliphatic carbocycles. The fraction of sp³-hybridized carbons (Fsp3) is 0.333. The average molecular weight is 270 g/mol. The van der Waals surface area contributed by atoms with Crippen LogP contribution in [0.25, 0.3) is 0 Å². The summed E-state index contributed by atoms with van der Waals surface area (Å²) in [5, 5.41) is 9.21. The molecule has 0 radical (unpaired) electrons. The van der Waals surface area contributed by atoms with Crippen molar-refractivity contribution in [1.29, 1.82) is 0 Å². The standard InChI is InChI=1S/C12H12ClNO4/c1-7-12(17)14(5-4-11(15)16)9-3-2-8(13)6-10(9)18-7/h2-3,6-7H,4-5H2,1H3,(H,15,16). The molecule has 6 heteroatoms. The van der Waals surface area contributed by atoms with Gasteiger partial charge in [0.2, 0.25) is 0 Å². The van der Waals surface area contributed by atoms with Crippen LogP contribution in [-0.2, 0) is 9.59 Å². The molecule has 1 unspecified atom stereocenters. The number of amides is 1. The molecule has 96 valence electrons. The van der Waals surface area contributed by atoms with Gasteiger partial charge in [-0.05, 0) is 19.1 Å². The van der Waals surface area contributed by atoms with E-state index in [1.165, 1.54) is 4.90 Å². The van der Waals surface area contributed by atoms with Crippen molar-refractivity contribution in [3.05, 3.63) is 23.2 Å². The van der Waals surface area contributed by atoms with Gasteiger partial charge < -0.3 is 14.7 Å². The number of aliphatic carboxylic acids is 1. The minimum atomic E-state index is -0.947. The summed E-state index contributed by atoms with van der Waals surface area (Å²) in [5.41, 5.74) is 0.559. The van der Waals surface area contributed by atoms with E-state index >= 15 is 0 Å². The maximum absolute atomic E-state index is 12.0. The predicted molar refractivity (Wildman–Crippen MR) is 66.1 cm³/mol. The molecule has 2 rings (SSSR count). The second kappa shape index (κ2) is 4.86. The van der Waals surface area contributed by atoms with Crippen LogP contribution in [0.15, 0.2) is 18.2 Å². The molecule has 0 aromatic heterocycles. The van der Waals surface area contributed by atoms with Crippen molar-refractivity contribution in [2.45, 2.75) is 19.4 Å². The third-order valence-electron chi connectivity index (χ3n) is 2.68. The van der Waals surface area contributed by atoms with Gasteiger partial charge in [-0.3, -0.25) is 9.59 Å². The molecule has 1 N–H and O–H groups in total. The van der Waals surface area contributed by atoms with Crippen LogP contribution in [0.1, 0.15) is 13.3 Å². The van der Waals surface area contributed by atoms with Crippen LogP contribution < -0.4 is 9.64 Å². The zero-order chi connectivity index (χ0) is 13.3. The van der Waals surface area contributed by atoms with Gasteiger partial charge in [0.1, 0.15) is 5.75 Å². The van der Waals surface area contributed by atoms with Gasteiger partial charge in [0, 0.05) is 17.6 Å². The van der Waals surface area contributed by atoms with E-state index in [1.807, 2.05) is 0 Å². The fourth-order valence-corrected chi connectivity index (χ4v) is 1.98. The molecule has 1 aliphatic heterocycles. The van der Waals surface area contributed by atoms with Crippen molar-refractivity contribution in [3.63, 3.8) is 0 Å². The summed E-state index contributed by atoms with van der Waals surface area (Å²) in [7, 11) is 0. The lowest BCUT2D eigenvalue weighted by Gasteiger charge is -2.32. The highest BCUT2D eigenvalue weighted by atomic mass is 35.5. The SMILES string of the molecule is CC1Oc2cc(Cl)ccc2N(CCC(=O)O)C1=O. The normalized spacial score (nSPS) is 18.2. The van der Waals surface area contributed by atoms with Gasteiger partial charge in [-0.25, -0.2) is 0 Å². The number of fused-ring (bicyclic) bond motifs is 1. The molecular weight excluding hydrogens is 258 g/mol. The minimum absolute atomic E-state index is 0.111. The molecule has 0 bridgehead atoms. The van der Waals surface area contributed by atoms with Crippen LogP contribution in [0.2, 0.25) is 5.02 Å². The van der Waals surface area contributed by atoms with Crippen LogP contribution >= 0.6 is 11.6 Å². The number of rotatable bonds is 3. The quantitative estimate of drug-likeness (QED) is 0.910. The molecule has 1 aliphatic rings. The number of ether oxygens (including phenoxy) is 1. The van der Waals surface area contributed by atoms with E-state index < -0.39 is 12.1 Å². The summed E-state index contributed by atoms with van der Waals surface area (Å²) in [5.74, 6) is -0.691. The summed E-state index contributed by atoms with van der Waals surface area (Å²) in [6.07, 6.45) is -0.745. The number of halogens is 1. The predicted octanol–water partition coefficient (Wildman–Crippen LogP) is 1.93. The Morgan fingerprint density at radius 1 is 1.56 bits per heavy atom. The van der Waals surface area contributed by atoms with Crippen LogP contribution in [0.5, 0.6) is 5.75 Å². The van der Waals surface area contributed by atoms with Crippen LogP contribution in [0, 0.1) is 0 Å². The topological polar surface area (TPSA) is 66.8 Å². The van der Waals surface area contributed by atoms with Crippen LogP contribution in [0.3, 0.4) is 0 Å². The number of carboxylic acid groups (broad SMARTS) is 1. The molecule has 0 spiro atoms. The van der Waals surface area contributed by atoms with Crippen molar-refractivity contribution < 1.29 is 19.4 Å². The van der Waals surface area contributed by atoms with Crippen LogP contribution in [0.4, 0.5) is 5.69 Å². The minimum Gasteiger partial charge on any atom is -0.481 e. The molecule has 0 fully saturated rings. The van der Waals surface area contributed by atoms with Crippen molar-refractivity contribution >= 4 is 29.2 Å². The molecule has 18 heavy (non-hydrogen) atoms. The fourth-order valence-electron chi connectivity index (χ4n) is 1.82. The lowest BCUT2D eigenvalue weighted by Crippen LogP contribution is -2.45. The maximum Gasteiger partial charge on any atom is 0.305 e. The molecule has 1 atom stereocenters. The summed E-state index contributed by atoms with van der Waals surface area (Å²) < 4.78 is 5.44. The first-order valence-corrected chi connectivity index (χ1v) is 5.86. The first-order chi connectivity index (χ1) is 8.49. The zero-order valence-corrected chi connectivity index (χ0v) is 10.5. The molecule has 0 saturated carbocycles. The highest BCUT2D eigenvalue weighted by molar-refractivity contribution is 6.30. The second-order valence-electron chi connectivity index (χ2n) is 4.01. The van der Waals surface area contributed by atoms with Gasteiger partial charge >= 0.3 is 5.97 Å². The lowest BCUT2D eigenvalue weighted by molar-refractivity contribution is -0.136. The molecule has 0 saturated heterocycles. The number of anilines is 1. The second-order valence-corrected chi connectivity index (χ2v) is 4.44. The molecule has 1 aromatic rings. The highest BCUT2D eigenvalue weighted by Gasteiger charge is 2.31. The molecule has 5 nitrogen and oxygen atoms in total.